The molecule has 2 aromatic rings. The molecule has 0 aliphatic carbocycles. The number of rotatable bonds is 5. The molecule has 0 fully saturated rings. The number of fused-ring (bicyclic) bond motifs is 1. The second-order valence-electron chi connectivity index (χ2n) is 11.4. The molecule has 0 saturated heterocycles. The van der Waals surface area contributed by atoms with Gasteiger partial charge in [0.05, 0.1) is 34.3 Å². The Morgan fingerprint density at radius 1 is 1.28 bits per heavy atom. The molecule has 4 N–H and O–H groups in total. The molecular weight excluding hydrogens is 512 g/mol. The van der Waals surface area contributed by atoms with Crippen LogP contribution in [-0.2, 0) is 20.9 Å². The Labute approximate surface area is 236 Å². The van der Waals surface area contributed by atoms with Crippen LogP contribution in [0.4, 0.5) is 0 Å². The number of ketones is 1. The van der Waals surface area contributed by atoms with Crippen molar-refractivity contribution in [2.45, 2.75) is 97.5 Å². The number of nitrogens with zero attached hydrogens (tertiary/aromatic N) is 1. The van der Waals surface area contributed by atoms with Gasteiger partial charge < -0.3 is 20.7 Å². The standard InChI is InChI=1S/C31H44N2O5S/c1-6-7-11-22-29(36)20(3)10-8-9-19(2)12-14-24(38-28(35)17-26(34)31(4,5)30(22)37)21-13-15-25-23(16-21)33-27(18-32)39-25/h6,12-13,15-16,20,22,24,26,29,34,36H,1,7-11,14,17-18,32H2,2-5H3. The van der Waals surface area contributed by atoms with E-state index in [-0.39, 0.29) is 18.1 Å². The summed E-state index contributed by atoms with van der Waals surface area (Å²) in [6.07, 6.45) is 4.85. The van der Waals surface area contributed by atoms with Crippen molar-refractivity contribution in [1.82, 2.24) is 4.98 Å². The van der Waals surface area contributed by atoms with E-state index >= 15 is 0 Å². The highest BCUT2D eigenvalue weighted by molar-refractivity contribution is 7.18. The molecule has 39 heavy (non-hydrogen) atoms. The van der Waals surface area contributed by atoms with E-state index in [0.29, 0.717) is 25.8 Å². The van der Waals surface area contributed by atoms with Gasteiger partial charge in [-0.25, -0.2) is 4.98 Å². The molecule has 1 aromatic heterocycles. The van der Waals surface area contributed by atoms with Gasteiger partial charge in [-0.1, -0.05) is 44.6 Å². The number of aliphatic hydroxyl groups is 2. The lowest BCUT2D eigenvalue weighted by atomic mass is 9.71. The van der Waals surface area contributed by atoms with Crippen molar-refractivity contribution in [1.29, 1.82) is 0 Å². The van der Waals surface area contributed by atoms with E-state index in [0.717, 1.165) is 40.1 Å². The normalized spacial score (nSPS) is 27.7. The summed E-state index contributed by atoms with van der Waals surface area (Å²) in [6.45, 7) is 11.4. The molecular formula is C31H44N2O5S. The molecule has 7 nitrogen and oxygen atoms in total. The number of aromatic nitrogens is 1. The summed E-state index contributed by atoms with van der Waals surface area (Å²) in [5.41, 5.74) is 7.33. The highest BCUT2D eigenvalue weighted by Gasteiger charge is 2.43. The van der Waals surface area contributed by atoms with E-state index in [2.05, 4.69) is 24.6 Å². The summed E-state index contributed by atoms with van der Waals surface area (Å²) < 4.78 is 6.95. The topological polar surface area (TPSA) is 123 Å². The number of nitrogens with two attached hydrogens (primary N) is 1. The lowest BCUT2D eigenvalue weighted by molar-refractivity contribution is -0.156. The minimum absolute atomic E-state index is 0.0848. The van der Waals surface area contributed by atoms with Gasteiger partial charge in [0.2, 0.25) is 0 Å². The van der Waals surface area contributed by atoms with Gasteiger partial charge in [-0.3, -0.25) is 9.59 Å². The van der Waals surface area contributed by atoms with Crippen LogP contribution in [0.2, 0.25) is 0 Å². The molecule has 0 amide bonds. The van der Waals surface area contributed by atoms with Crippen molar-refractivity contribution in [3.05, 3.63) is 53.1 Å². The second kappa shape index (κ2) is 13.8. The summed E-state index contributed by atoms with van der Waals surface area (Å²) in [5.74, 6) is -1.56. The van der Waals surface area contributed by atoms with E-state index in [1.54, 1.807) is 31.3 Å². The molecule has 0 bridgehead atoms. The van der Waals surface area contributed by atoms with Crippen LogP contribution in [0, 0.1) is 17.3 Å². The van der Waals surface area contributed by atoms with E-state index in [4.69, 9.17) is 10.5 Å². The number of cyclic esters (lactones) is 1. The van der Waals surface area contributed by atoms with E-state index in [1.165, 1.54) is 5.57 Å². The first-order chi connectivity index (χ1) is 18.5. The molecule has 2 heterocycles. The highest BCUT2D eigenvalue weighted by atomic mass is 32.1. The van der Waals surface area contributed by atoms with Crippen LogP contribution < -0.4 is 5.73 Å². The summed E-state index contributed by atoms with van der Waals surface area (Å²) in [6, 6.07) is 5.84. The molecule has 0 saturated carbocycles. The smallest absolute Gasteiger partial charge is 0.309 e. The Hall–Kier alpha value is -2.39. The van der Waals surface area contributed by atoms with Crippen molar-refractivity contribution in [3.8, 4) is 0 Å². The average molecular weight is 557 g/mol. The van der Waals surface area contributed by atoms with Crippen molar-refractivity contribution >= 4 is 33.3 Å². The molecule has 0 radical (unpaired) electrons. The molecule has 1 aliphatic heterocycles. The fourth-order valence-corrected chi connectivity index (χ4v) is 6.06. The zero-order valence-electron chi connectivity index (χ0n) is 23.7. The quantitative estimate of drug-likeness (QED) is 0.315. The van der Waals surface area contributed by atoms with Gasteiger partial charge in [-0.2, -0.15) is 0 Å². The molecule has 1 aliphatic rings. The number of allylic oxidation sites excluding steroid dienone is 2. The Balaban J connectivity index is 1.93. The summed E-state index contributed by atoms with van der Waals surface area (Å²) in [7, 11) is 0. The molecule has 214 valence electrons. The Morgan fingerprint density at radius 3 is 2.72 bits per heavy atom. The van der Waals surface area contributed by atoms with Gasteiger partial charge >= 0.3 is 5.97 Å². The number of hydrogen-bond acceptors (Lipinski definition) is 8. The van der Waals surface area contributed by atoms with Crippen molar-refractivity contribution < 1.29 is 24.5 Å². The maximum Gasteiger partial charge on any atom is 0.309 e. The third kappa shape index (κ3) is 7.84. The number of carbonyl (C=O) groups excluding carboxylic acids is 2. The van der Waals surface area contributed by atoms with Crippen LogP contribution in [-0.4, -0.2) is 39.2 Å². The molecule has 3 rings (SSSR count). The second-order valence-corrected chi connectivity index (χ2v) is 12.6. The van der Waals surface area contributed by atoms with E-state index < -0.39 is 35.6 Å². The zero-order chi connectivity index (χ0) is 28.7. The van der Waals surface area contributed by atoms with Crippen molar-refractivity contribution in [2.75, 3.05) is 0 Å². The number of thiazole rings is 1. The first-order valence-corrected chi connectivity index (χ1v) is 14.7. The number of hydrogen-bond donors (Lipinski definition) is 3. The summed E-state index contributed by atoms with van der Waals surface area (Å²) in [4.78, 5) is 31.4. The molecule has 8 heteroatoms. The summed E-state index contributed by atoms with van der Waals surface area (Å²) >= 11 is 1.54. The minimum atomic E-state index is -1.26. The van der Waals surface area contributed by atoms with Gasteiger partial charge in [-0.05, 0) is 62.6 Å². The molecule has 5 atom stereocenters. The zero-order valence-corrected chi connectivity index (χ0v) is 24.5. The minimum Gasteiger partial charge on any atom is -0.457 e. The SMILES string of the molecule is C=CCCC1C(=O)C(C)(C)C(O)CC(=O)OC(c2ccc3sc(CN)nc3c2)CC=C(C)CCCC(C)C1O. The Kier molecular flexibility index (Phi) is 11.0. The lowest BCUT2D eigenvalue weighted by Gasteiger charge is -2.36. The number of esters is 1. The monoisotopic (exact) mass is 556 g/mol. The van der Waals surface area contributed by atoms with Crippen LogP contribution in [0.15, 0.2) is 42.5 Å². The van der Waals surface area contributed by atoms with E-state index in [1.807, 2.05) is 25.1 Å². The predicted molar refractivity (Wildman–Crippen MR) is 156 cm³/mol. The highest BCUT2D eigenvalue weighted by Crippen LogP contribution is 2.35. The first kappa shape index (κ1) is 31.1. The van der Waals surface area contributed by atoms with Crippen molar-refractivity contribution in [3.63, 3.8) is 0 Å². The van der Waals surface area contributed by atoms with Gasteiger partial charge in [0.1, 0.15) is 16.9 Å². The number of benzene rings is 1. The summed E-state index contributed by atoms with van der Waals surface area (Å²) in [5, 5.41) is 23.1. The molecule has 0 spiro atoms. The predicted octanol–water partition coefficient (Wildman–Crippen LogP) is 5.79. The number of aliphatic hydroxyl groups excluding tert-OH is 2. The van der Waals surface area contributed by atoms with Crippen LogP contribution in [0.1, 0.15) is 89.3 Å². The van der Waals surface area contributed by atoms with Crippen LogP contribution in [0.5, 0.6) is 0 Å². The van der Waals surface area contributed by atoms with Gasteiger partial charge in [0, 0.05) is 18.9 Å². The first-order valence-electron chi connectivity index (χ1n) is 13.9. The fourth-order valence-electron chi connectivity index (χ4n) is 5.23. The van der Waals surface area contributed by atoms with Gasteiger partial charge in [0.15, 0.2) is 0 Å². The Bertz CT molecular complexity index is 1190. The Morgan fingerprint density at radius 2 is 2.03 bits per heavy atom. The average Bonchev–Trinajstić information content (AvgIpc) is 3.32. The third-order valence-corrected chi connectivity index (χ3v) is 9.09. The fraction of sp³-hybridized carbons (Fsp3) is 0.581. The lowest BCUT2D eigenvalue weighted by Crippen LogP contribution is -2.46. The van der Waals surface area contributed by atoms with Gasteiger partial charge in [-0.15, -0.1) is 17.9 Å². The molecule has 5 unspecified atom stereocenters. The van der Waals surface area contributed by atoms with Crippen LogP contribution >= 0.6 is 11.3 Å². The third-order valence-electron chi connectivity index (χ3n) is 8.03. The van der Waals surface area contributed by atoms with Crippen LogP contribution in [0.25, 0.3) is 10.2 Å². The number of carbonyl (C=O) groups is 2. The van der Waals surface area contributed by atoms with Gasteiger partial charge in [0.25, 0.3) is 0 Å². The van der Waals surface area contributed by atoms with E-state index in [9.17, 15) is 19.8 Å². The number of Topliss-reactive ketones (excluding diaryl/α,β-unsaturated/α-hetero) is 1. The number of ether oxygens (including phenoxy) is 1. The maximum atomic E-state index is 13.7. The maximum absolute atomic E-state index is 13.7. The largest absolute Gasteiger partial charge is 0.457 e. The van der Waals surface area contributed by atoms with Crippen LogP contribution in [0.3, 0.4) is 0 Å². The molecule has 1 aromatic carbocycles. The van der Waals surface area contributed by atoms with Crippen molar-refractivity contribution in [2.24, 2.45) is 23.0 Å².